The fourth-order valence-corrected chi connectivity index (χ4v) is 7.03. The fraction of sp³-hybridized carbons (Fsp3) is 0.654. The Kier molecular flexibility index (Phi) is 6.26. The second-order valence-electron chi connectivity index (χ2n) is 11.3. The smallest absolute Gasteiger partial charge is 0.247 e. The number of likely N-dealkylation sites (tertiary alicyclic amines) is 1. The minimum Gasteiger partial charge on any atom is -0.394 e. The summed E-state index contributed by atoms with van der Waals surface area (Å²) in [7, 11) is 1.55. The molecule has 2 bridgehead atoms. The number of carbonyl (C=O) groups excluding carboxylic acids is 3. The highest BCUT2D eigenvalue weighted by Crippen LogP contribution is 2.65. The van der Waals surface area contributed by atoms with E-state index in [4.69, 9.17) is 4.74 Å². The standard InChI is InChI=1S/C26H36N6O5/c1-14(2)10-16(12-33)32-21(23(35)28-13-31-18-9-7-6-8-17(18)29-30-31)26-11-15(3)25(4,37-26)19(22(34)27-5)20(26)24(32)36/h6-9,14-16,19-21,33H,10-13H2,1-5H3,(H,27,34)(H,28,35)/t15?,16-,19-,20+,21?,25+,26?/m1/s1. The van der Waals surface area contributed by atoms with E-state index in [1.165, 1.54) is 4.90 Å². The topological polar surface area (TPSA) is 139 Å². The van der Waals surface area contributed by atoms with E-state index in [1.807, 2.05) is 52.0 Å². The zero-order chi connectivity index (χ0) is 26.7. The summed E-state index contributed by atoms with van der Waals surface area (Å²) in [6.07, 6.45) is 0.980. The van der Waals surface area contributed by atoms with Crippen molar-refractivity contribution in [1.82, 2.24) is 30.5 Å². The number of fused-ring (bicyclic) bond motifs is 2. The Morgan fingerprint density at radius 2 is 2.00 bits per heavy atom. The Morgan fingerprint density at radius 3 is 2.68 bits per heavy atom. The molecule has 200 valence electrons. The summed E-state index contributed by atoms with van der Waals surface area (Å²) < 4.78 is 8.25. The molecule has 4 heterocycles. The minimum absolute atomic E-state index is 0.0500. The van der Waals surface area contributed by atoms with Crippen molar-refractivity contribution in [1.29, 1.82) is 0 Å². The normalized spacial score (nSPS) is 33.3. The highest BCUT2D eigenvalue weighted by atomic mass is 16.5. The zero-order valence-electron chi connectivity index (χ0n) is 22.0. The Bertz CT molecular complexity index is 1230. The maximum atomic E-state index is 14.1. The van der Waals surface area contributed by atoms with Crippen LogP contribution in [0.4, 0.5) is 0 Å². The number of hydrogen-bond acceptors (Lipinski definition) is 7. The predicted molar refractivity (Wildman–Crippen MR) is 134 cm³/mol. The van der Waals surface area contributed by atoms with Gasteiger partial charge in [-0.3, -0.25) is 14.4 Å². The third-order valence-corrected chi connectivity index (χ3v) is 8.70. The van der Waals surface area contributed by atoms with Gasteiger partial charge in [0.25, 0.3) is 0 Å². The molecule has 3 saturated heterocycles. The lowest BCUT2D eigenvalue weighted by Gasteiger charge is -2.37. The van der Waals surface area contributed by atoms with Crippen molar-refractivity contribution in [2.45, 2.75) is 70.5 Å². The molecule has 0 saturated carbocycles. The summed E-state index contributed by atoms with van der Waals surface area (Å²) in [5.74, 6) is -2.39. The maximum Gasteiger partial charge on any atom is 0.247 e. The Morgan fingerprint density at radius 1 is 1.27 bits per heavy atom. The van der Waals surface area contributed by atoms with Gasteiger partial charge in [-0.1, -0.05) is 38.1 Å². The number of rotatable bonds is 8. The highest BCUT2D eigenvalue weighted by molar-refractivity contribution is 5.99. The van der Waals surface area contributed by atoms with Gasteiger partial charge in [-0.2, -0.15) is 0 Å². The number of aliphatic hydroxyl groups excluding tert-OH is 1. The summed E-state index contributed by atoms with van der Waals surface area (Å²) in [6.45, 7) is 7.65. The van der Waals surface area contributed by atoms with Crippen LogP contribution >= 0.6 is 0 Å². The minimum atomic E-state index is -1.17. The summed E-state index contributed by atoms with van der Waals surface area (Å²) in [5.41, 5.74) is -0.565. The van der Waals surface area contributed by atoms with Crippen molar-refractivity contribution in [3.05, 3.63) is 24.3 Å². The van der Waals surface area contributed by atoms with Gasteiger partial charge >= 0.3 is 0 Å². The molecule has 3 fully saturated rings. The third-order valence-electron chi connectivity index (χ3n) is 8.70. The lowest BCUT2D eigenvalue weighted by atomic mass is 9.62. The Balaban J connectivity index is 1.53. The number of amides is 3. The van der Waals surface area contributed by atoms with Crippen LogP contribution in [0.3, 0.4) is 0 Å². The van der Waals surface area contributed by atoms with Gasteiger partial charge in [0, 0.05) is 7.05 Å². The van der Waals surface area contributed by atoms with Crippen LogP contribution in [-0.4, -0.2) is 79.7 Å². The van der Waals surface area contributed by atoms with Crippen molar-refractivity contribution >= 4 is 28.8 Å². The number of para-hydroxylation sites is 1. The van der Waals surface area contributed by atoms with Crippen LogP contribution in [0, 0.1) is 23.7 Å². The number of nitrogens with one attached hydrogen (secondary N) is 2. The number of ether oxygens (including phenoxy) is 1. The first kappa shape index (κ1) is 25.6. The first-order chi connectivity index (χ1) is 17.6. The number of benzene rings is 1. The molecule has 3 aliphatic heterocycles. The lowest BCUT2D eigenvalue weighted by molar-refractivity contribution is -0.151. The van der Waals surface area contributed by atoms with E-state index in [0.717, 1.165) is 5.52 Å². The summed E-state index contributed by atoms with van der Waals surface area (Å²) >= 11 is 0. The van der Waals surface area contributed by atoms with Crippen LogP contribution in [0.2, 0.25) is 0 Å². The molecule has 3 N–H and O–H groups in total. The van der Waals surface area contributed by atoms with E-state index in [2.05, 4.69) is 20.9 Å². The molecule has 11 nitrogen and oxygen atoms in total. The van der Waals surface area contributed by atoms with Gasteiger partial charge in [0.15, 0.2) is 0 Å². The second-order valence-corrected chi connectivity index (χ2v) is 11.3. The maximum absolute atomic E-state index is 14.1. The quantitative estimate of drug-likeness (QED) is 0.472. The third kappa shape index (κ3) is 3.65. The lowest BCUT2D eigenvalue weighted by Crippen LogP contribution is -2.58. The molecule has 1 aromatic heterocycles. The molecule has 0 radical (unpaired) electrons. The van der Waals surface area contributed by atoms with Crippen LogP contribution in [0.5, 0.6) is 0 Å². The second kappa shape index (κ2) is 9.05. The van der Waals surface area contributed by atoms with Crippen molar-refractivity contribution in [2.75, 3.05) is 13.7 Å². The van der Waals surface area contributed by atoms with Gasteiger partial charge in [-0.05, 0) is 43.7 Å². The molecule has 1 spiro atoms. The molecule has 5 rings (SSSR count). The molecule has 3 unspecified atom stereocenters. The van der Waals surface area contributed by atoms with Gasteiger partial charge in [0.1, 0.15) is 23.8 Å². The fourth-order valence-electron chi connectivity index (χ4n) is 7.03. The van der Waals surface area contributed by atoms with Crippen LogP contribution < -0.4 is 10.6 Å². The van der Waals surface area contributed by atoms with Crippen LogP contribution in [-0.2, 0) is 25.8 Å². The zero-order valence-corrected chi connectivity index (χ0v) is 22.0. The van der Waals surface area contributed by atoms with Crippen LogP contribution in [0.15, 0.2) is 24.3 Å². The van der Waals surface area contributed by atoms with Crippen molar-refractivity contribution < 1.29 is 24.2 Å². The predicted octanol–water partition coefficient (Wildman–Crippen LogP) is 0.669. The largest absolute Gasteiger partial charge is 0.394 e. The molecule has 0 aliphatic carbocycles. The van der Waals surface area contributed by atoms with E-state index in [1.54, 1.807) is 11.7 Å². The van der Waals surface area contributed by atoms with E-state index >= 15 is 0 Å². The number of aromatic nitrogens is 3. The van der Waals surface area contributed by atoms with Gasteiger partial charge in [0.05, 0.1) is 35.6 Å². The first-order valence-electron chi connectivity index (χ1n) is 13.0. The van der Waals surface area contributed by atoms with E-state index < -0.39 is 41.0 Å². The SMILES string of the molecule is CNC(=O)[C@H]1[C@H]2C(=O)N([C@@H](CO)CC(C)C)C(C(=O)NCn3nnc4ccccc43)C23CC(C)[C@]1(C)O3. The summed E-state index contributed by atoms with van der Waals surface area (Å²) in [5, 5.41) is 24.3. The van der Waals surface area contributed by atoms with Gasteiger partial charge in [-0.25, -0.2) is 4.68 Å². The monoisotopic (exact) mass is 512 g/mol. The van der Waals surface area contributed by atoms with Crippen LogP contribution in [0.25, 0.3) is 11.0 Å². The van der Waals surface area contributed by atoms with E-state index in [0.29, 0.717) is 18.4 Å². The van der Waals surface area contributed by atoms with Crippen molar-refractivity contribution in [2.24, 2.45) is 23.7 Å². The van der Waals surface area contributed by atoms with Crippen LogP contribution in [0.1, 0.15) is 40.5 Å². The molecule has 11 heteroatoms. The van der Waals surface area contributed by atoms with Gasteiger partial charge in [-0.15, -0.1) is 5.10 Å². The molecule has 1 aromatic carbocycles. The van der Waals surface area contributed by atoms with E-state index in [9.17, 15) is 19.5 Å². The van der Waals surface area contributed by atoms with E-state index in [-0.39, 0.29) is 36.9 Å². The Labute approximate surface area is 215 Å². The Hall–Kier alpha value is -3.05. The molecule has 2 aromatic rings. The molecule has 7 atom stereocenters. The molecule has 37 heavy (non-hydrogen) atoms. The average molecular weight is 513 g/mol. The number of aliphatic hydroxyl groups is 1. The van der Waals surface area contributed by atoms with Gasteiger partial charge in [0.2, 0.25) is 17.7 Å². The van der Waals surface area contributed by atoms with Gasteiger partial charge < -0.3 is 25.4 Å². The summed E-state index contributed by atoms with van der Waals surface area (Å²) in [4.78, 5) is 42.7. The molecule has 3 amide bonds. The molecular formula is C26H36N6O5. The first-order valence-corrected chi connectivity index (χ1v) is 13.0. The average Bonchev–Trinajstić information content (AvgIpc) is 3.54. The van der Waals surface area contributed by atoms with Crippen molar-refractivity contribution in [3.8, 4) is 0 Å². The molecular weight excluding hydrogens is 476 g/mol. The number of hydrogen-bond donors (Lipinski definition) is 3. The highest BCUT2D eigenvalue weighted by Gasteiger charge is 2.80. The number of carbonyl (C=O) groups is 3. The van der Waals surface area contributed by atoms with Crippen molar-refractivity contribution in [3.63, 3.8) is 0 Å². The number of nitrogens with zero attached hydrogens (tertiary/aromatic N) is 4. The summed E-state index contributed by atoms with van der Waals surface area (Å²) in [6, 6.07) is 5.87. The molecule has 3 aliphatic rings.